The first kappa shape index (κ1) is 16.9. The van der Waals surface area contributed by atoms with Crippen molar-refractivity contribution in [1.82, 2.24) is 4.98 Å². The van der Waals surface area contributed by atoms with Crippen molar-refractivity contribution in [2.75, 3.05) is 0 Å². The molecule has 0 fully saturated rings. The third-order valence-corrected chi connectivity index (χ3v) is 5.35. The van der Waals surface area contributed by atoms with Gasteiger partial charge in [0, 0.05) is 12.3 Å². The zero-order chi connectivity index (χ0) is 19.0. The van der Waals surface area contributed by atoms with Gasteiger partial charge in [0.1, 0.15) is 10.4 Å². The number of aromatic nitrogens is 1. The van der Waals surface area contributed by atoms with Crippen LogP contribution in [0.5, 0.6) is 5.75 Å². The van der Waals surface area contributed by atoms with Crippen molar-refractivity contribution in [3.05, 3.63) is 83.0 Å². The summed E-state index contributed by atoms with van der Waals surface area (Å²) in [5.74, 6) is -0.0654. The van der Waals surface area contributed by atoms with Crippen LogP contribution in [0.15, 0.2) is 77.8 Å². The lowest BCUT2D eigenvalue weighted by atomic mass is 10.1. The Morgan fingerprint density at radius 2 is 1.70 bits per heavy atom. The highest BCUT2D eigenvalue weighted by molar-refractivity contribution is 7.87. The van der Waals surface area contributed by atoms with Crippen LogP contribution in [-0.4, -0.2) is 18.3 Å². The number of hydrogen-bond donors (Lipinski definition) is 0. The van der Waals surface area contributed by atoms with E-state index < -0.39 is 15.0 Å². The van der Waals surface area contributed by atoms with Gasteiger partial charge in [-0.05, 0) is 41.1 Å². The molecule has 0 saturated heterocycles. The molecule has 134 valence electrons. The number of non-ortho nitro benzene ring substituents is 1. The largest absolute Gasteiger partial charge is 0.377 e. The molecule has 0 amide bonds. The Morgan fingerprint density at radius 3 is 2.48 bits per heavy atom. The molecule has 0 saturated carbocycles. The fraction of sp³-hybridized carbons (Fsp3) is 0. The number of nitro groups is 1. The van der Waals surface area contributed by atoms with E-state index in [2.05, 4.69) is 4.98 Å². The summed E-state index contributed by atoms with van der Waals surface area (Å²) in [4.78, 5) is 14.7. The van der Waals surface area contributed by atoms with Gasteiger partial charge in [0.25, 0.3) is 5.69 Å². The first-order chi connectivity index (χ1) is 13.0. The van der Waals surface area contributed by atoms with Crippen LogP contribution in [0.3, 0.4) is 0 Å². The summed E-state index contributed by atoms with van der Waals surface area (Å²) < 4.78 is 30.7. The SMILES string of the molecule is O=[N+]([O-])c1ccc(OS(=O)(=O)c2ccc3ccccc3c2)c2ncccc12. The highest BCUT2D eigenvalue weighted by Crippen LogP contribution is 2.33. The van der Waals surface area contributed by atoms with Gasteiger partial charge in [0.15, 0.2) is 5.75 Å². The van der Waals surface area contributed by atoms with Crippen LogP contribution < -0.4 is 4.18 Å². The van der Waals surface area contributed by atoms with E-state index in [0.29, 0.717) is 0 Å². The fourth-order valence-corrected chi connectivity index (χ4v) is 3.82. The number of hydrogen-bond acceptors (Lipinski definition) is 6. The van der Waals surface area contributed by atoms with E-state index in [0.717, 1.165) is 10.8 Å². The molecule has 0 aliphatic rings. The van der Waals surface area contributed by atoms with Crippen LogP contribution in [0.4, 0.5) is 5.69 Å². The van der Waals surface area contributed by atoms with Crippen molar-refractivity contribution in [1.29, 1.82) is 0 Å². The molecule has 4 aromatic rings. The minimum atomic E-state index is -4.14. The second kappa shape index (κ2) is 6.33. The molecule has 0 aliphatic carbocycles. The second-order valence-corrected chi connectivity index (χ2v) is 7.33. The summed E-state index contributed by atoms with van der Waals surface area (Å²) in [7, 11) is -4.14. The molecule has 0 bridgehead atoms. The third-order valence-electron chi connectivity index (χ3n) is 4.12. The lowest BCUT2D eigenvalue weighted by Crippen LogP contribution is -2.10. The van der Waals surface area contributed by atoms with E-state index in [4.69, 9.17) is 4.18 Å². The van der Waals surface area contributed by atoms with Crippen molar-refractivity contribution in [2.24, 2.45) is 0 Å². The van der Waals surface area contributed by atoms with Gasteiger partial charge in [-0.25, -0.2) is 0 Å². The Kier molecular flexibility index (Phi) is 3.97. The van der Waals surface area contributed by atoms with Gasteiger partial charge in [0.05, 0.1) is 10.3 Å². The minimum Gasteiger partial charge on any atom is -0.377 e. The molecule has 0 radical (unpaired) electrons. The smallest absolute Gasteiger partial charge is 0.339 e. The molecule has 1 heterocycles. The Labute approximate surface area is 154 Å². The van der Waals surface area contributed by atoms with Crippen molar-refractivity contribution >= 4 is 37.5 Å². The monoisotopic (exact) mass is 380 g/mol. The zero-order valence-corrected chi connectivity index (χ0v) is 14.6. The summed E-state index contributed by atoms with van der Waals surface area (Å²) in [5.41, 5.74) is -0.0652. The van der Waals surface area contributed by atoms with E-state index in [1.807, 2.05) is 18.2 Å². The molecule has 7 nitrogen and oxygen atoms in total. The van der Waals surface area contributed by atoms with Gasteiger partial charge in [0.2, 0.25) is 0 Å². The van der Waals surface area contributed by atoms with Gasteiger partial charge in [-0.1, -0.05) is 30.3 Å². The van der Waals surface area contributed by atoms with Crippen molar-refractivity contribution < 1.29 is 17.5 Å². The predicted octanol–water partition coefficient (Wildman–Crippen LogP) is 4.06. The number of benzene rings is 3. The lowest BCUT2D eigenvalue weighted by Gasteiger charge is -2.10. The topological polar surface area (TPSA) is 99.4 Å². The van der Waals surface area contributed by atoms with Crippen LogP contribution in [0, 0.1) is 10.1 Å². The summed E-state index contributed by atoms with van der Waals surface area (Å²) in [6, 6.07) is 17.5. The quantitative estimate of drug-likeness (QED) is 0.301. The Balaban J connectivity index is 1.80. The van der Waals surface area contributed by atoms with Gasteiger partial charge < -0.3 is 4.18 Å². The molecule has 4 rings (SSSR count). The maximum atomic E-state index is 12.7. The summed E-state index contributed by atoms with van der Waals surface area (Å²) in [6.07, 6.45) is 1.42. The molecule has 3 aromatic carbocycles. The predicted molar refractivity (Wildman–Crippen MR) is 100 cm³/mol. The number of pyridine rings is 1. The van der Waals surface area contributed by atoms with Gasteiger partial charge in [-0.15, -0.1) is 0 Å². The number of nitro benzene ring substituents is 1. The summed E-state index contributed by atoms with van der Waals surface area (Å²) in [5, 5.41) is 13.0. The molecule has 0 N–H and O–H groups in total. The standard InChI is InChI=1S/C19H12N2O5S/c22-21(23)17-9-10-18(19-16(17)6-3-11-20-19)26-27(24,25)15-8-7-13-4-1-2-5-14(13)12-15/h1-12H. The van der Waals surface area contributed by atoms with Crippen LogP contribution in [0.25, 0.3) is 21.7 Å². The Hall–Kier alpha value is -3.52. The van der Waals surface area contributed by atoms with Gasteiger partial charge in [-0.3, -0.25) is 15.1 Å². The molecule has 8 heteroatoms. The lowest BCUT2D eigenvalue weighted by molar-refractivity contribution is -0.383. The average molecular weight is 380 g/mol. The molecule has 1 aromatic heterocycles. The number of rotatable bonds is 4. The Bertz CT molecular complexity index is 1300. The van der Waals surface area contributed by atoms with Gasteiger partial charge >= 0.3 is 10.1 Å². The van der Waals surface area contributed by atoms with E-state index in [1.165, 1.54) is 42.6 Å². The molecule has 0 atom stereocenters. The van der Waals surface area contributed by atoms with E-state index in [9.17, 15) is 18.5 Å². The van der Waals surface area contributed by atoms with Crippen LogP contribution in [-0.2, 0) is 10.1 Å². The second-order valence-electron chi connectivity index (χ2n) is 5.79. The van der Waals surface area contributed by atoms with Crippen molar-refractivity contribution in [2.45, 2.75) is 4.90 Å². The summed E-state index contributed by atoms with van der Waals surface area (Å²) >= 11 is 0. The first-order valence-electron chi connectivity index (χ1n) is 7.91. The molecular weight excluding hydrogens is 368 g/mol. The highest BCUT2D eigenvalue weighted by atomic mass is 32.2. The van der Waals surface area contributed by atoms with E-state index in [-0.39, 0.29) is 27.2 Å². The first-order valence-corrected chi connectivity index (χ1v) is 9.32. The van der Waals surface area contributed by atoms with Crippen molar-refractivity contribution in [3.8, 4) is 5.75 Å². The minimum absolute atomic E-state index is 0.0105. The molecule has 27 heavy (non-hydrogen) atoms. The van der Waals surface area contributed by atoms with Crippen LogP contribution in [0.2, 0.25) is 0 Å². The highest BCUT2D eigenvalue weighted by Gasteiger charge is 2.22. The molecule has 0 spiro atoms. The third kappa shape index (κ3) is 3.06. The molecular formula is C19H12N2O5S. The normalized spacial score (nSPS) is 11.6. The van der Waals surface area contributed by atoms with E-state index in [1.54, 1.807) is 12.1 Å². The van der Waals surface area contributed by atoms with E-state index >= 15 is 0 Å². The summed E-state index contributed by atoms with van der Waals surface area (Å²) in [6.45, 7) is 0. The van der Waals surface area contributed by atoms with Crippen LogP contribution >= 0.6 is 0 Å². The molecule has 0 aliphatic heterocycles. The van der Waals surface area contributed by atoms with Crippen molar-refractivity contribution in [3.63, 3.8) is 0 Å². The molecule has 0 unspecified atom stereocenters. The fourth-order valence-electron chi connectivity index (χ4n) is 2.85. The maximum absolute atomic E-state index is 12.7. The zero-order valence-electron chi connectivity index (χ0n) is 13.8. The van der Waals surface area contributed by atoms with Gasteiger partial charge in [-0.2, -0.15) is 8.42 Å². The Morgan fingerprint density at radius 1 is 0.926 bits per heavy atom. The number of nitrogens with zero attached hydrogens (tertiary/aromatic N) is 2. The maximum Gasteiger partial charge on any atom is 0.339 e. The average Bonchev–Trinajstić information content (AvgIpc) is 2.67. The number of fused-ring (bicyclic) bond motifs is 2. The van der Waals surface area contributed by atoms with Crippen LogP contribution in [0.1, 0.15) is 0 Å².